The second-order valence-electron chi connectivity index (χ2n) is 5.04. The van der Waals surface area contributed by atoms with Crippen molar-refractivity contribution in [1.82, 2.24) is 9.55 Å². The van der Waals surface area contributed by atoms with Gasteiger partial charge in [-0.15, -0.1) is 0 Å². The third kappa shape index (κ3) is 2.92. The molecule has 0 aliphatic rings. The Morgan fingerprint density at radius 1 is 1.36 bits per heavy atom. The molecule has 1 aromatic carbocycles. The molecule has 2 rings (SSSR count). The number of ether oxygens (including phenoxy) is 1. The molecule has 22 heavy (non-hydrogen) atoms. The van der Waals surface area contributed by atoms with Crippen molar-refractivity contribution in [3.63, 3.8) is 0 Å². The van der Waals surface area contributed by atoms with Gasteiger partial charge in [0.05, 0.1) is 19.1 Å². The second kappa shape index (κ2) is 5.96. The lowest BCUT2D eigenvalue weighted by molar-refractivity contribution is 0.412. The highest BCUT2D eigenvalue weighted by Gasteiger charge is 2.26. The molecule has 0 radical (unpaired) electrons. The van der Waals surface area contributed by atoms with Crippen molar-refractivity contribution in [2.24, 2.45) is 0 Å². The quantitative estimate of drug-likeness (QED) is 0.846. The van der Waals surface area contributed by atoms with Crippen LogP contribution < -0.4 is 9.04 Å². The summed E-state index contributed by atoms with van der Waals surface area (Å²) in [5.74, 6) is -0.371. The van der Waals surface area contributed by atoms with Gasteiger partial charge in [-0.1, -0.05) is 0 Å². The van der Waals surface area contributed by atoms with E-state index in [2.05, 4.69) is 4.98 Å². The first-order valence-electron chi connectivity index (χ1n) is 6.63. The lowest BCUT2D eigenvalue weighted by atomic mass is 10.3. The molecule has 6 nitrogen and oxygen atoms in total. The van der Waals surface area contributed by atoms with Gasteiger partial charge in [-0.05, 0) is 26.0 Å². The standard InChI is InChI=1S/C14H18FN3O3S/c1-10(2)18-8-14(16-9-18)22(19,20)17(3)12-6-5-11(15)7-13(12)21-4/h5-10H,1-4H3. The normalized spacial score (nSPS) is 11.7. The zero-order chi connectivity index (χ0) is 16.5. The molecule has 0 fully saturated rings. The molecule has 1 heterocycles. The van der Waals surface area contributed by atoms with E-state index >= 15 is 0 Å². The largest absolute Gasteiger partial charge is 0.494 e. The summed E-state index contributed by atoms with van der Waals surface area (Å²) in [6.07, 6.45) is 2.93. The lowest BCUT2D eigenvalue weighted by Crippen LogP contribution is -2.27. The van der Waals surface area contributed by atoms with E-state index in [0.717, 1.165) is 10.4 Å². The summed E-state index contributed by atoms with van der Waals surface area (Å²) in [5, 5.41) is -0.0740. The first kappa shape index (κ1) is 16.3. The molecule has 0 saturated carbocycles. The summed E-state index contributed by atoms with van der Waals surface area (Å²) in [7, 11) is -1.12. The van der Waals surface area contributed by atoms with Gasteiger partial charge in [0.1, 0.15) is 11.6 Å². The molecule has 0 bridgehead atoms. The fourth-order valence-electron chi connectivity index (χ4n) is 1.91. The molecule has 0 aliphatic heterocycles. The molecule has 0 spiro atoms. The molecule has 0 amide bonds. The first-order chi connectivity index (χ1) is 10.3. The maximum atomic E-state index is 13.2. The highest BCUT2D eigenvalue weighted by atomic mass is 32.2. The Bertz CT molecular complexity index is 771. The molecule has 0 N–H and O–H groups in total. The second-order valence-corrected chi connectivity index (χ2v) is 6.96. The van der Waals surface area contributed by atoms with Crippen molar-refractivity contribution in [2.45, 2.75) is 24.9 Å². The van der Waals surface area contributed by atoms with E-state index in [4.69, 9.17) is 4.74 Å². The van der Waals surface area contributed by atoms with Gasteiger partial charge in [0, 0.05) is 25.4 Å². The summed E-state index contributed by atoms with van der Waals surface area (Å²) >= 11 is 0. The zero-order valence-electron chi connectivity index (χ0n) is 12.8. The molecule has 0 saturated heterocycles. The Hall–Kier alpha value is -2.09. The highest BCUT2D eigenvalue weighted by molar-refractivity contribution is 7.92. The first-order valence-corrected chi connectivity index (χ1v) is 8.07. The van der Waals surface area contributed by atoms with Crippen LogP contribution in [0.1, 0.15) is 19.9 Å². The van der Waals surface area contributed by atoms with E-state index < -0.39 is 15.8 Å². The number of benzene rings is 1. The number of rotatable bonds is 5. The average molecular weight is 327 g/mol. The van der Waals surface area contributed by atoms with Gasteiger partial charge in [-0.3, -0.25) is 4.31 Å². The SMILES string of the molecule is COc1cc(F)ccc1N(C)S(=O)(=O)c1cn(C(C)C)cn1. The maximum Gasteiger partial charge on any atom is 0.283 e. The minimum absolute atomic E-state index is 0.0740. The van der Waals surface area contributed by atoms with E-state index in [-0.39, 0.29) is 22.5 Å². The van der Waals surface area contributed by atoms with Gasteiger partial charge in [-0.2, -0.15) is 8.42 Å². The topological polar surface area (TPSA) is 64.4 Å². The van der Waals surface area contributed by atoms with E-state index in [9.17, 15) is 12.8 Å². The Morgan fingerprint density at radius 2 is 2.05 bits per heavy atom. The number of nitrogens with zero attached hydrogens (tertiary/aromatic N) is 3. The van der Waals surface area contributed by atoms with Crippen LogP contribution in [0.4, 0.5) is 10.1 Å². The van der Waals surface area contributed by atoms with Crippen LogP contribution in [0.3, 0.4) is 0 Å². The number of imidazole rings is 1. The summed E-state index contributed by atoms with van der Waals surface area (Å²) in [4.78, 5) is 3.95. The maximum absolute atomic E-state index is 13.2. The zero-order valence-corrected chi connectivity index (χ0v) is 13.6. The third-order valence-electron chi connectivity index (χ3n) is 3.28. The Kier molecular flexibility index (Phi) is 4.41. The number of methoxy groups -OCH3 is 1. The Morgan fingerprint density at radius 3 is 2.59 bits per heavy atom. The van der Waals surface area contributed by atoms with Gasteiger partial charge < -0.3 is 9.30 Å². The summed E-state index contributed by atoms with van der Waals surface area (Å²) in [5.41, 5.74) is 0.239. The van der Waals surface area contributed by atoms with Crippen molar-refractivity contribution in [3.05, 3.63) is 36.5 Å². The van der Waals surface area contributed by atoms with Crippen molar-refractivity contribution in [1.29, 1.82) is 0 Å². The van der Waals surface area contributed by atoms with Crippen LogP contribution in [0.2, 0.25) is 0 Å². The number of anilines is 1. The minimum Gasteiger partial charge on any atom is -0.494 e. The summed E-state index contributed by atoms with van der Waals surface area (Å²) < 4.78 is 46.3. The van der Waals surface area contributed by atoms with Crippen LogP contribution in [0, 0.1) is 5.82 Å². The van der Waals surface area contributed by atoms with Crippen molar-refractivity contribution in [2.75, 3.05) is 18.5 Å². The number of aromatic nitrogens is 2. The van der Waals surface area contributed by atoms with Gasteiger partial charge >= 0.3 is 0 Å². The lowest BCUT2D eigenvalue weighted by Gasteiger charge is -2.20. The molecule has 0 unspecified atom stereocenters. The Labute approximate surface area is 129 Å². The van der Waals surface area contributed by atoms with Crippen LogP contribution in [0.5, 0.6) is 5.75 Å². The van der Waals surface area contributed by atoms with Gasteiger partial charge in [0.15, 0.2) is 5.03 Å². The van der Waals surface area contributed by atoms with Crippen LogP contribution in [-0.4, -0.2) is 32.1 Å². The highest BCUT2D eigenvalue weighted by Crippen LogP contribution is 2.31. The molecular weight excluding hydrogens is 309 g/mol. The van der Waals surface area contributed by atoms with Gasteiger partial charge in [0.25, 0.3) is 10.0 Å². The fourth-order valence-corrected chi connectivity index (χ4v) is 3.04. The molecule has 1 aromatic heterocycles. The third-order valence-corrected chi connectivity index (χ3v) is 4.94. The fraction of sp³-hybridized carbons (Fsp3) is 0.357. The van der Waals surface area contributed by atoms with E-state index in [1.165, 1.54) is 38.8 Å². The Balaban J connectivity index is 2.44. The van der Waals surface area contributed by atoms with Gasteiger partial charge in [0.2, 0.25) is 0 Å². The molecular formula is C14H18FN3O3S. The van der Waals surface area contributed by atoms with Crippen LogP contribution in [0.25, 0.3) is 0 Å². The van der Waals surface area contributed by atoms with Crippen molar-refractivity contribution >= 4 is 15.7 Å². The van der Waals surface area contributed by atoms with E-state index in [0.29, 0.717) is 0 Å². The van der Waals surface area contributed by atoms with Crippen molar-refractivity contribution in [3.8, 4) is 5.75 Å². The summed E-state index contributed by atoms with van der Waals surface area (Å²) in [6, 6.07) is 3.76. The van der Waals surface area contributed by atoms with Crippen LogP contribution in [0.15, 0.2) is 35.7 Å². The number of hydrogen-bond donors (Lipinski definition) is 0. The van der Waals surface area contributed by atoms with E-state index in [1.807, 2.05) is 13.8 Å². The number of halogens is 1. The predicted octanol–water partition coefficient (Wildman–Crippen LogP) is 2.44. The van der Waals surface area contributed by atoms with Crippen LogP contribution in [-0.2, 0) is 10.0 Å². The van der Waals surface area contributed by atoms with Crippen LogP contribution >= 0.6 is 0 Å². The predicted molar refractivity (Wildman–Crippen MR) is 81.2 cm³/mol. The minimum atomic E-state index is -3.85. The monoisotopic (exact) mass is 327 g/mol. The molecule has 8 heteroatoms. The number of sulfonamides is 1. The number of hydrogen-bond acceptors (Lipinski definition) is 4. The smallest absolute Gasteiger partial charge is 0.283 e. The molecule has 2 aromatic rings. The summed E-state index contributed by atoms with van der Waals surface area (Å²) in [6.45, 7) is 3.84. The molecule has 0 atom stereocenters. The molecule has 120 valence electrons. The van der Waals surface area contributed by atoms with E-state index in [1.54, 1.807) is 4.57 Å². The average Bonchev–Trinajstić information content (AvgIpc) is 2.97. The van der Waals surface area contributed by atoms with Gasteiger partial charge in [-0.25, -0.2) is 9.37 Å². The van der Waals surface area contributed by atoms with Crippen molar-refractivity contribution < 1.29 is 17.5 Å². The molecule has 0 aliphatic carbocycles.